The van der Waals surface area contributed by atoms with Crippen LogP contribution >= 0.6 is 12.2 Å². The van der Waals surface area contributed by atoms with Gasteiger partial charge in [-0.2, -0.15) is 5.26 Å². The van der Waals surface area contributed by atoms with Crippen LogP contribution in [0.4, 0.5) is 0 Å². The molecule has 2 N–H and O–H groups in total. The van der Waals surface area contributed by atoms with E-state index in [4.69, 9.17) is 23.2 Å². The van der Waals surface area contributed by atoms with E-state index >= 15 is 0 Å². The van der Waals surface area contributed by atoms with Crippen molar-refractivity contribution in [2.24, 2.45) is 11.7 Å². The summed E-state index contributed by atoms with van der Waals surface area (Å²) in [6.45, 7) is 4.11. The topological polar surface area (TPSA) is 49.8 Å². The second-order valence-electron chi connectivity index (χ2n) is 3.71. The number of nitriles is 1. The Kier molecular flexibility index (Phi) is 3.81. The summed E-state index contributed by atoms with van der Waals surface area (Å²) >= 11 is 4.97. The van der Waals surface area contributed by atoms with Crippen molar-refractivity contribution in [2.75, 3.05) is 0 Å². The van der Waals surface area contributed by atoms with Gasteiger partial charge >= 0.3 is 0 Å². The first-order valence-electron chi connectivity index (χ1n) is 4.85. The Balaban J connectivity index is 2.88. The van der Waals surface area contributed by atoms with Crippen LogP contribution in [0.5, 0.6) is 0 Å². The zero-order chi connectivity index (χ0) is 11.4. The van der Waals surface area contributed by atoms with Gasteiger partial charge in [0.05, 0.1) is 16.6 Å². The summed E-state index contributed by atoms with van der Waals surface area (Å²) in [4.78, 5) is 0.534. The molecule has 0 amide bonds. The van der Waals surface area contributed by atoms with E-state index in [0.29, 0.717) is 10.6 Å². The molecule has 2 atom stereocenters. The third-order valence-electron chi connectivity index (χ3n) is 2.76. The first-order chi connectivity index (χ1) is 7.06. The lowest BCUT2D eigenvalue weighted by Crippen LogP contribution is -2.23. The summed E-state index contributed by atoms with van der Waals surface area (Å²) in [5, 5.41) is 8.67. The molecule has 2 nitrogen and oxygen atoms in total. The Bertz CT molecular complexity index is 389. The van der Waals surface area contributed by atoms with Gasteiger partial charge in [0, 0.05) is 5.92 Å². The largest absolute Gasteiger partial charge is 0.393 e. The number of benzene rings is 1. The quantitative estimate of drug-likeness (QED) is 0.793. The molecule has 1 aromatic rings. The lowest BCUT2D eigenvalue weighted by molar-refractivity contribution is 0.626. The van der Waals surface area contributed by atoms with E-state index < -0.39 is 0 Å². The molecule has 0 aliphatic heterocycles. The highest BCUT2D eigenvalue weighted by Gasteiger charge is 2.16. The van der Waals surface area contributed by atoms with Crippen molar-refractivity contribution >= 4 is 17.2 Å². The fourth-order valence-electron chi connectivity index (χ4n) is 1.40. The second kappa shape index (κ2) is 4.90. The minimum absolute atomic E-state index is 0.174. The maximum atomic E-state index is 8.67. The van der Waals surface area contributed by atoms with Crippen molar-refractivity contribution in [2.45, 2.75) is 19.8 Å². The number of nitrogens with zero attached hydrogens (tertiary/aromatic N) is 1. The van der Waals surface area contributed by atoms with E-state index in [0.717, 1.165) is 5.56 Å². The maximum Gasteiger partial charge on any atom is 0.0991 e. The Morgan fingerprint density at radius 2 is 1.87 bits per heavy atom. The van der Waals surface area contributed by atoms with Crippen LogP contribution in [0.25, 0.3) is 0 Å². The fraction of sp³-hybridized carbons (Fsp3) is 0.333. The molecule has 0 aliphatic rings. The van der Waals surface area contributed by atoms with Crippen molar-refractivity contribution in [3.05, 3.63) is 35.4 Å². The summed E-state index contributed by atoms with van der Waals surface area (Å²) in [6, 6.07) is 9.64. The van der Waals surface area contributed by atoms with Gasteiger partial charge in [0.2, 0.25) is 0 Å². The molecule has 0 heterocycles. The minimum atomic E-state index is 0.174. The van der Waals surface area contributed by atoms with Crippen LogP contribution in [0.3, 0.4) is 0 Å². The number of nitrogens with two attached hydrogens (primary N) is 1. The molecule has 0 saturated heterocycles. The number of hydrogen-bond donors (Lipinski definition) is 1. The third kappa shape index (κ3) is 2.77. The Hall–Kier alpha value is -1.40. The van der Waals surface area contributed by atoms with Crippen LogP contribution in [0.15, 0.2) is 24.3 Å². The second-order valence-corrected chi connectivity index (χ2v) is 4.18. The van der Waals surface area contributed by atoms with E-state index in [1.165, 1.54) is 0 Å². The third-order valence-corrected chi connectivity index (χ3v) is 3.14. The molecule has 0 aromatic heterocycles. The van der Waals surface area contributed by atoms with Crippen LogP contribution in [0.1, 0.15) is 30.9 Å². The van der Waals surface area contributed by atoms with Crippen molar-refractivity contribution in [1.29, 1.82) is 5.26 Å². The molecule has 15 heavy (non-hydrogen) atoms. The van der Waals surface area contributed by atoms with E-state index in [1.54, 1.807) is 0 Å². The van der Waals surface area contributed by atoms with Crippen LogP contribution in [0.2, 0.25) is 0 Å². The summed E-state index contributed by atoms with van der Waals surface area (Å²) < 4.78 is 0. The molecule has 1 aromatic carbocycles. The molecule has 3 heteroatoms. The zero-order valence-electron chi connectivity index (χ0n) is 8.90. The predicted octanol–water partition coefficient (Wildman–Crippen LogP) is 2.58. The average Bonchev–Trinajstić information content (AvgIpc) is 2.27. The van der Waals surface area contributed by atoms with E-state index in [2.05, 4.69) is 13.0 Å². The highest BCUT2D eigenvalue weighted by molar-refractivity contribution is 7.80. The monoisotopic (exact) mass is 218 g/mol. The highest BCUT2D eigenvalue weighted by atomic mass is 32.1. The van der Waals surface area contributed by atoms with Gasteiger partial charge in [-0.15, -0.1) is 0 Å². The van der Waals surface area contributed by atoms with E-state index in [9.17, 15) is 0 Å². The standard InChI is InChI=1S/C12H14N2S/c1-8(9(2)12(14)15)11-5-3-10(7-13)4-6-11/h3-6,8-9H,1-2H3,(H2,14,15). The van der Waals surface area contributed by atoms with E-state index in [1.807, 2.05) is 31.2 Å². The number of thiocarbonyl (C=S) groups is 1. The SMILES string of the molecule is CC(C(N)=S)C(C)c1ccc(C#N)cc1. The van der Waals surface area contributed by atoms with E-state index in [-0.39, 0.29) is 11.8 Å². The van der Waals surface area contributed by atoms with Gasteiger partial charge in [-0.1, -0.05) is 38.2 Å². The van der Waals surface area contributed by atoms with Crippen molar-refractivity contribution < 1.29 is 0 Å². The summed E-state index contributed by atoms with van der Waals surface area (Å²) in [6.07, 6.45) is 0. The Morgan fingerprint density at radius 3 is 2.27 bits per heavy atom. The van der Waals surface area contributed by atoms with Gasteiger partial charge < -0.3 is 5.73 Å². The van der Waals surface area contributed by atoms with Crippen LogP contribution in [0, 0.1) is 17.2 Å². The molecule has 0 aliphatic carbocycles. The van der Waals surface area contributed by atoms with Crippen molar-refractivity contribution in [1.82, 2.24) is 0 Å². The zero-order valence-corrected chi connectivity index (χ0v) is 9.71. The molecular weight excluding hydrogens is 204 g/mol. The smallest absolute Gasteiger partial charge is 0.0991 e. The fourth-order valence-corrected chi connectivity index (χ4v) is 1.60. The highest BCUT2D eigenvalue weighted by Crippen LogP contribution is 2.24. The van der Waals surface area contributed by atoms with Crippen molar-refractivity contribution in [3.8, 4) is 6.07 Å². The number of rotatable bonds is 3. The van der Waals surface area contributed by atoms with Crippen molar-refractivity contribution in [3.63, 3.8) is 0 Å². The average molecular weight is 218 g/mol. The summed E-state index contributed by atoms with van der Waals surface area (Å²) in [5.74, 6) is 0.461. The molecule has 1 rings (SSSR count). The molecule has 0 saturated carbocycles. The van der Waals surface area contributed by atoms with Crippen LogP contribution in [-0.4, -0.2) is 4.99 Å². The van der Waals surface area contributed by atoms with Crippen LogP contribution < -0.4 is 5.73 Å². The lowest BCUT2D eigenvalue weighted by atomic mass is 9.88. The Morgan fingerprint density at radius 1 is 1.33 bits per heavy atom. The molecule has 2 unspecified atom stereocenters. The van der Waals surface area contributed by atoms with Crippen LogP contribution in [-0.2, 0) is 0 Å². The normalized spacial score (nSPS) is 13.9. The van der Waals surface area contributed by atoms with Gasteiger partial charge in [0.15, 0.2) is 0 Å². The lowest BCUT2D eigenvalue weighted by Gasteiger charge is -2.18. The first kappa shape index (κ1) is 11.7. The summed E-state index contributed by atoms with van der Waals surface area (Å²) in [5.41, 5.74) is 7.45. The Labute approximate surface area is 95.7 Å². The summed E-state index contributed by atoms with van der Waals surface area (Å²) in [7, 11) is 0. The molecule has 0 spiro atoms. The first-order valence-corrected chi connectivity index (χ1v) is 5.26. The molecule has 78 valence electrons. The number of hydrogen-bond acceptors (Lipinski definition) is 2. The maximum absolute atomic E-state index is 8.67. The minimum Gasteiger partial charge on any atom is -0.393 e. The van der Waals surface area contributed by atoms with Gasteiger partial charge in [-0.25, -0.2) is 0 Å². The predicted molar refractivity (Wildman–Crippen MR) is 65.5 cm³/mol. The van der Waals surface area contributed by atoms with Gasteiger partial charge in [-0.3, -0.25) is 0 Å². The van der Waals surface area contributed by atoms with Gasteiger partial charge in [0.1, 0.15) is 0 Å². The molecular formula is C12H14N2S. The molecule has 0 bridgehead atoms. The van der Waals surface area contributed by atoms with Gasteiger partial charge in [-0.05, 0) is 23.6 Å². The molecule has 0 radical (unpaired) electrons. The molecule has 0 fully saturated rings. The van der Waals surface area contributed by atoms with Gasteiger partial charge in [0.25, 0.3) is 0 Å².